The summed E-state index contributed by atoms with van der Waals surface area (Å²) in [5.74, 6) is -0.287. The normalized spacial score (nSPS) is 12.6. The van der Waals surface area contributed by atoms with Crippen LogP contribution < -0.4 is 19.2 Å². The largest absolute Gasteiger partial charge is 0.495 e. The third-order valence-electron chi connectivity index (χ3n) is 4.53. The molecular weight excluding hydrogens is 450 g/mol. The van der Waals surface area contributed by atoms with E-state index >= 15 is 0 Å². The van der Waals surface area contributed by atoms with E-state index in [4.69, 9.17) is 16.3 Å². The van der Waals surface area contributed by atoms with Crippen molar-refractivity contribution >= 4 is 60.5 Å². The van der Waals surface area contributed by atoms with E-state index in [1.165, 1.54) is 30.7 Å². The number of carbonyl (C=O) groups excluding carboxylic acids is 1. The van der Waals surface area contributed by atoms with Crippen LogP contribution in [0.5, 0.6) is 5.75 Å². The van der Waals surface area contributed by atoms with Crippen LogP contribution in [0.3, 0.4) is 0 Å². The second kappa shape index (κ2) is 8.29. The number of aromatic nitrogens is 1. The molecule has 11 heteroatoms. The average molecular weight is 470 g/mol. The molecule has 0 radical (unpaired) electrons. The van der Waals surface area contributed by atoms with Gasteiger partial charge in [0, 0.05) is 17.8 Å². The highest BCUT2D eigenvalue weighted by molar-refractivity contribution is 7.92. The van der Waals surface area contributed by atoms with Crippen LogP contribution in [0.1, 0.15) is 6.92 Å². The molecule has 0 aliphatic carbocycles. The first-order valence-corrected chi connectivity index (χ1v) is 11.8. The quantitative estimate of drug-likeness (QED) is 0.598. The summed E-state index contributed by atoms with van der Waals surface area (Å²) in [5, 5.41) is 3.02. The maximum Gasteiger partial charge on any atom is 0.307 e. The first-order chi connectivity index (χ1) is 14.0. The number of nitrogens with zero attached hydrogens (tertiary/aromatic N) is 2. The molecule has 3 rings (SSSR count). The molecular formula is C19H20ClN3O5S2. The van der Waals surface area contributed by atoms with Crippen LogP contribution in [0.2, 0.25) is 5.02 Å². The number of aryl methyl sites for hydroxylation is 1. The topological polar surface area (TPSA) is 97.7 Å². The number of carbonyl (C=O) groups is 1. The number of hydrogen-bond acceptors (Lipinski definition) is 6. The Bertz CT molecular complexity index is 1280. The van der Waals surface area contributed by atoms with Crippen LogP contribution in [0.15, 0.2) is 41.2 Å². The minimum atomic E-state index is -3.85. The summed E-state index contributed by atoms with van der Waals surface area (Å²) < 4.78 is 33.5. The molecule has 1 amide bonds. The van der Waals surface area contributed by atoms with Gasteiger partial charge in [0.15, 0.2) is 0 Å². The number of amides is 1. The molecule has 0 aliphatic heterocycles. The number of hydrogen-bond donors (Lipinski definition) is 1. The molecule has 0 saturated carbocycles. The number of halogens is 1. The standard InChI is InChI=1S/C19H20ClN3O5S2/c1-11(23(30(4,26)27)15-9-12(20)5-8-16(15)28-3)18(24)21-13-6-7-14-17(10-13)29-19(25)22(14)2/h5-11H,1-4H3,(H,21,24). The van der Waals surface area contributed by atoms with Crippen LogP contribution in [-0.2, 0) is 21.9 Å². The summed E-state index contributed by atoms with van der Waals surface area (Å²) in [6.07, 6.45) is 1.00. The summed E-state index contributed by atoms with van der Waals surface area (Å²) in [6.45, 7) is 1.47. The molecule has 1 aromatic heterocycles. The van der Waals surface area contributed by atoms with Crippen LogP contribution in [0.25, 0.3) is 10.2 Å². The molecule has 8 nitrogen and oxygen atoms in total. The van der Waals surface area contributed by atoms with E-state index < -0.39 is 22.0 Å². The van der Waals surface area contributed by atoms with Gasteiger partial charge in [0.1, 0.15) is 11.8 Å². The Labute approximate surface area is 182 Å². The number of ether oxygens (including phenoxy) is 1. The first kappa shape index (κ1) is 22.1. The Hall–Kier alpha value is -2.56. The number of sulfonamides is 1. The number of rotatable bonds is 6. The van der Waals surface area contributed by atoms with Crippen molar-refractivity contribution in [3.63, 3.8) is 0 Å². The number of nitrogens with one attached hydrogen (secondary N) is 1. The Kier molecular flexibility index (Phi) is 6.11. The molecule has 160 valence electrons. The van der Waals surface area contributed by atoms with Gasteiger partial charge in [-0.3, -0.25) is 13.9 Å². The number of anilines is 2. The summed E-state index contributed by atoms with van der Waals surface area (Å²) in [4.78, 5) is 24.6. The summed E-state index contributed by atoms with van der Waals surface area (Å²) >= 11 is 7.11. The second-order valence-electron chi connectivity index (χ2n) is 6.65. The predicted octanol–water partition coefficient (Wildman–Crippen LogP) is 3.06. The van der Waals surface area contributed by atoms with Crippen molar-refractivity contribution in [2.45, 2.75) is 13.0 Å². The molecule has 1 N–H and O–H groups in total. The predicted molar refractivity (Wildman–Crippen MR) is 120 cm³/mol. The van der Waals surface area contributed by atoms with Crippen LogP contribution >= 0.6 is 22.9 Å². The third-order valence-corrected chi connectivity index (χ3v) is 6.98. The third kappa shape index (κ3) is 4.30. The summed E-state index contributed by atoms with van der Waals surface area (Å²) in [5.41, 5.74) is 1.36. The van der Waals surface area contributed by atoms with E-state index in [9.17, 15) is 18.0 Å². The molecule has 3 aromatic rings. The minimum Gasteiger partial charge on any atom is -0.495 e. The van der Waals surface area contributed by atoms with Crippen molar-refractivity contribution in [3.8, 4) is 5.75 Å². The van der Waals surface area contributed by atoms with Crippen molar-refractivity contribution in [2.24, 2.45) is 7.05 Å². The van der Waals surface area contributed by atoms with E-state index in [2.05, 4.69) is 5.32 Å². The molecule has 2 aromatic carbocycles. The van der Waals surface area contributed by atoms with Crippen molar-refractivity contribution in [3.05, 3.63) is 51.1 Å². The lowest BCUT2D eigenvalue weighted by molar-refractivity contribution is -0.116. The maximum atomic E-state index is 12.9. The molecule has 1 atom stereocenters. The highest BCUT2D eigenvalue weighted by Crippen LogP contribution is 2.34. The minimum absolute atomic E-state index is 0.113. The lowest BCUT2D eigenvalue weighted by atomic mass is 10.2. The second-order valence-corrected chi connectivity index (χ2v) is 9.94. The molecule has 0 spiro atoms. The average Bonchev–Trinajstić information content (AvgIpc) is 2.94. The Morgan fingerprint density at radius 2 is 1.97 bits per heavy atom. The van der Waals surface area contributed by atoms with Crippen molar-refractivity contribution in [1.82, 2.24) is 4.57 Å². The van der Waals surface area contributed by atoms with Crippen LogP contribution in [-0.4, -0.2) is 38.3 Å². The van der Waals surface area contributed by atoms with Crippen molar-refractivity contribution < 1.29 is 17.9 Å². The van der Waals surface area contributed by atoms with Gasteiger partial charge in [0.05, 0.1) is 29.3 Å². The molecule has 0 saturated heterocycles. The zero-order valence-corrected chi connectivity index (χ0v) is 19.1. The zero-order valence-electron chi connectivity index (χ0n) is 16.7. The van der Waals surface area contributed by atoms with Crippen LogP contribution in [0.4, 0.5) is 11.4 Å². The van der Waals surface area contributed by atoms with Crippen molar-refractivity contribution in [2.75, 3.05) is 23.0 Å². The number of benzene rings is 2. The highest BCUT2D eigenvalue weighted by Gasteiger charge is 2.31. The summed E-state index contributed by atoms with van der Waals surface area (Å²) in [6, 6.07) is 8.49. The van der Waals surface area contributed by atoms with E-state index in [1.807, 2.05) is 0 Å². The number of methoxy groups -OCH3 is 1. The lowest BCUT2D eigenvalue weighted by Crippen LogP contribution is -2.45. The Balaban J connectivity index is 1.96. The molecule has 1 heterocycles. The fourth-order valence-electron chi connectivity index (χ4n) is 3.07. The fourth-order valence-corrected chi connectivity index (χ4v) is 5.33. The maximum absolute atomic E-state index is 12.9. The van der Waals surface area contributed by atoms with Gasteiger partial charge in [-0.1, -0.05) is 22.9 Å². The smallest absolute Gasteiger partial charge is 0.307 e. The van der Waals surface area contributed by atoms with Gasteiger partial charge in [-0.2, -0.15) is 0 Å². The first-order valence-electron chi connectivity index (χ1n) is 8.76. The Morgan fingerprint density at radius 3 is 2.60 bits per heavy atom. The van der Waals surface area contributed by atoms with Crippen LogP contribution in [0, 0.1) is 0 Å². The van der Waals surface area contributed by atoms with Crippen molar-refractivity contribution in [1.29, 1.82) is 0 Å². The fraction of sp³-hybridized carbons (Fsp3) is 0.263. The zero-order chi connectivity index (χ0) is 22.2. The Morgan fingerprint density at radius 1 is 1.27 bits per heavy atom. The van der Waals surface area contributed by atoms with Gasteiger partial charge < -0.3 is 14.6 Å². The van der Waals surface area contributed by atoms with E-state index in [0.717, 1.165) is 27.4 Å². The van der Waals surface area contributed by atoms with Gasteiger partial charge in [-0.25, -0.2) is 8.42 Å². The lowest BCUT2D eigenvalue weighted by Gasteiger charge is -2.29. The number of thiazole rings is 1. The molecule has 30 heavy (non-hydrogen) atoms. The molecule has 0 aliphatic rings. The van der Waals surface area contributed by atoms with E-state index in [-0.39, 0.29) is 16.3 Å². The molecule has 1 unspecified atom stereocenters. The highest BCUT2D eigenvalue weighted by atomic mass is 35.5. The molecule has 0 fully saturated rings. The van der Waals surface area contributed by atoms with E-state index in [1.54, 1.807) is 31.3 Å². The van der Waals surface area contributed by atoms with Gasteiger partial charge in [-0.05, 0) is 43.3 Å². The van der Waals surface area contributed by atoms with Gasteiger partial charge >= 0.3 is 4.87 Å². The van der Waals surface area contributed by atoms with Gasteiger partial charge in [-0.15, -0.1) is 0 Å². The van der Waals surface area contributed by atoms with Gasteiger partial charge in [0.25, 0.3) is 0 Å². The van der Waals surface area contributed by atoms with E-state index in [0.29, 0.717) is 15.4 Å². The number of fused-ring (bicyclic) bond motifs is 1. The molecule has 0 bridgehead atoms. The monoisotopic (exact) mass is 469 g/mol. The summed E-state index contributed by atoms with van der Waals surface area (Å²) in [7, 11) is -0.778. The van der Waals surface area contributed by atoms with Gasteiger partial charge in [0.2, 0.25) is 15.9 Å². The SMILES string of the molecule is COc1ccc(Cl)cc1N(C(C)C(=O)Nc1ccc2c(c1)sc(=O)n2C)S(C)(=O)=O.